The molecular formula is C9H10INO2S. The van der Waals surface area contributed by atoms with Crippen molar-refractivity contribution in [2.24, 2.45) is 0 Å². The van der Waals surface area contributed by atoms with Crippen molar-refractivity contribution in [3.05, 3.63) is 19.9 Å². The van der Waals surface area contributed by atoms with E-state index in [9.17, 15) is 9.90 Å². The molecule has 14 heavy (non-hydrogen) atoms. The van der Waals surface area contributed by atoms with Gasteiger partial charge in [-0.25, -0.2) is 0 Å². The van der Waals surface area contributed by atoms with Crippen LogP contribution in [0.1, 0.15) is 16.8 Å². The van der Waals surface area contributed by atoms with Gasteiger partial charge in [-0.05, 0) is 35.1 Å². The van der Waals surface area contributed by atoms with E-state index in [2.05, 4.69) is 22.6 Å². The zero-order chi connectivity index (χ0) is 10.1. The molecule has 0 bridgehead atoms. The zero-order valence-corrected chi connectivity index (χ0v) is 10.4. The highest BCUT2D eigenvalue weighted by molar-refractivity contribution is 14.1. The monoisotopic (exact) mass is 323 g/mol. The summed E-state index contributed by atoms with van der Waals surface area (Å²) >= 11 is 3.77. The van der Waals surface area contributed by atoms with Crippen LogP contribution in [-0.4, -0.2) is 35.1 Å². The summed E-state index contributed by atoms with van der Waals surface area (Å²) in [5.41, 5.74) is 0.744. The van der Waals surface area contributed by atoms with E-state index in [1.807, 2.05) is 11.4 Å². The largest absolute Gasteiger partial charge is 0.391 e. The lowest BCUT2D eigenvalue weighted by Crippen LogP contribution is -2.29. The topological polar surface area (TPSA) is 40.5 Å². The summed E-state index contributed by atoms with van der Waals surface area (Å²) in [5, 5.41) is 11.2. The highest BCUT2D eigenvalue weighted by atomic mass is 127. The van der Waals surface area contributed by atoms with Crippen molar-refractivity contribution in [2.75, 3.05) is 13.1 Å². The number of likely N-dealkylation sites (tertiary alicyclic amines) is 1. The highest BCUT2D eigenvalue weighted by Crippen LogP contribution is 2.20. The smallest absolute Gasteiger partial charge is 0.254 e. The lowest BCUT2D eigenvalue weighted by atomic mass is 10.3. The number of rotatable bonds is 1. The molecule has 0 spiro atoms. The van der Waals surface area contributed by atoms with Crippen molar-refractivity contribution in [1.82, 2.24) is 4.90 Å². The number of carbonyl (C=O) groups excluding carboxylic acids is 1. The first-order chi connectivity index (χ1) is 6.66. The molecule has 0 aromatic carbocycles. The number of halogens is 1. The molecule has 5 heteroatoms. The molecule has 1 aromatic rings. The zero-order valence-electron chi connectivity index (χ0n) is 7.44. The van der Waals surface area contributed by atoms with Crippen LogP contribution in [0.3, 0.4) is 0 Å². The number of nitrogens with zero attached hydrogens (tertiary/aromatic N) is 1. The summed E-state index contributed by atoms with van der Waals surface area (Å²) in [4.78, 5) is 13.5. The van der Waals surface area contributed by atoms with Gasteiger partial charge >= 0.3 is 0 Å². The number of aliphatic hydroxyl groups is 1. The Morgan fingerprint density at radius 2 is 2.50 bits per heavy atom. The predicted molar refractivity (Wildman–Crippen MR) is 63.6 cm³/mol. The minimum absolute atomic E-state index is 0.0423. The number of thiophene rings is 1. The fourth-order valence-electron chi connectivity index (χ4n) is 1.53. The van der Waals surface area contributed by atoms with Crippen molar-refractivity contribution in [2.45, 2.75) is 12.5 Å². The summed E-state index contributed by atoms with van der Waals surface area (Å²) in [6, 6.07) is 1.89. The maximum atomic E-state index is 11.8. The van der Waals surface area contributed by atoms with E-state index in [0.717, 1.165) is 8.45 Å². The van der Waals surface area contributed by atoms with Crippen LogP contribution in [-0.2, 0) is 0 Å². The van der Waals surface area contributed by atoms with Gasteiger partial charge in [-0.1, -0.05) is 0 Å². The molecule has 1 saturated heterocycles. The van der Waals surface area contributed by atoms with E-state index < -0.39 is 0 Å². The van der Waals surface area contributed by atoms with Gasteiger partial charge in [0.1, 0.15) is 0 Å². The Morgan fingerprint density at radius 1 is 1.71 bits per heavy atom. The third kappa shape index (κ3) is 2.09. The molecule has 1 aliphatic rings. The van der Waals surface area contributed by atoms with Gasteiger partial charge in [0.25, 0.3) is 5.91 Å². The standard InChI is InChI=1S/C9H10INO2S/c10-8-3-6(5-14-8)9(13)11-2-1-7(12)4-11/h3,5,7,12H,1-2,4H2/t7-/m0/s1. The van der Waals surface area contributed by atoms with Crippen LogP contribution in [0.4, 0.5) is 0 Å². The second-order valence-corrected chi connectivity index (χ2v) is 6.14. The molecular weight excluding hydrogens is 313 g/mol. The van der Waals surface area contributed by atoms with Gasteiger partial charge in [-0.2, -0.15) is 0 Å². The number of amides is 1. The maximum Gasteiger partial charge on any atom is 0.254 e. The summed E-state index contributed by atoms with van der Waals surface area (Å²) in [7, 11) is 0. The maximum absolute atomic E-state index is 11.8. The van der Waals surface area contributed by atoms with Crippen molar-refractivity contribution in [3.63, 3.8) is 0 Å². The quantitative estimate of drug-likeness (QED) is 0.797. The highest BCUT2D eigenvalue weighted by Gasteiger charge is 2.25. The number of hydrogen-bond acceptors (Lipinski definition) is 3. The fraction of sp³-hybridized carbons (Fsp3) is 0.444. The molecule has 0 radical (unpaired) electrons. The number of hydrogen-bond donors (Lipinski definition) is 1. The summed E-state index contributed by atoms with van der Waals surface area (Å²) in [5.74, 6) is 0.0423. The Morgan fingerprint density at radius 3 is 3.00 bits per heavy atom. The SMILES string of the molecule is O=C(c1csc(I)c1)N1CC[C@H](O)C1. The van der Waals surface area contributed by atoms with E-state index in [4.69, 9.17) is 0 Å². The first-order valence-electron chi connectivity index (χ1n) is 4.38. The van der Waals surface area contributed by atoms with Gasteiger partial charge < -0.3 is 10.0 Å². The van der Waals surface area contributed by atoms with Gasteiger partial charge in [-0.3, -0.25) is 4.79 Å². The lowest BCUT2D eigenvalue weighted by Gasteiger charge is -2.13. The van der Waals surface area contributed by atoms with Crippen LogP contribution in [0.2, 0.25) is 0 Å². The predicted octanol–water partition coefficient (Wildman–Crippen LogP) is 1.56. The Kier molecular flexibility index (Phi) is 3.08. The third-order valence-corrected chi connectivity index (χ3v) is 4.05. The molecule has 1 amide bonds. The van der Waals surface area contributed by atoms with Gasteiger partial charge in [0.15, 0.2) is 0 Å². The average molecular weight is 323 g/mol. The molecule has 1 aliphatic heterocycles. The summed E-state index contributed by atoms with van der Waals surface area (Å²) < 4.78 is 1.12. The summed E-state index contributed by atoms with van der Waals surface area (Å²) in [6.07, 6.45) is 0.365. The lowest BCUT2D eigenvalue weighted by molar-refractivity contribution is 0.0765. The van der Waals surface area contributed by atoms with E-state index in [1.165, 1.54) is 0 Å². The molecule has 1 fully saturated rings. The van der Waals surface area contributed by atoms with E-state index in [1.54, 1.807) is 16.2 Å². The fourth-order valence-corrected chi connectivity index (χ4v) is 2.85. The first kappa shape index (κ1) is 10.4. The van der Waals surface area contributed by atoms with Gasteiger partial charge in [0.05, 0.1) is 14.6 Å². The molecule has 0 saturated carbocycles. The van der Waals surface area contributed by atoms with Crippen LogP contribution in [0.25, 0.3) is 0 Å². The molecule has 0 unspecified atom stereocenters. The second-order valence-electron chi connectivity index (χ2n) is 3.33. The molecule has 1 N–H and O–H groups in total. The Hall–Kier alpha value is -0.140. The van der Waals surface area contributed by atoms with E-state index in [-0.39, 0.29) is 12.0 Å². The van der Waals surface area contributed by atoms with Crippen LogP contribution >= 0.6 is 33.9 Å². The Labute approximate surface area is 99.9 Å². The molecule has 2 heterocycles. The number of β-amino-alcohol motifs (C(OH)–C–C–N with tert-alkyl or cyclic N) is 1. The second kappa shape index (κ2) is 4.16. The Bertz CT molecular complexity index is 352. The molecule has 2 rings (SSSR count). The Balaban J connectivity index is 2.09. The minimum Gasteiger partial charge on any atom is -0.391 e. The molecule has 76 valence electrons. The van der Waals surface area contributed by atoms with E-state index >= 15 is 0 Å². The van der Waals surface area contributed by atoms with E-state index in [0.29, 0.717) is 19.5 Å². The number of carbonyl (C=O) groups is 1. The van der Waals surface area contributed by atoms with Crippen molar-refractivity contribution < 1.29 is 9.90 Å². The third-order valence-electron chi connectivity index (χ3n) is 2.26. The normalized spacial score (nSPS) is 21.6. The first-order valence-corrected chi connectivity index (χ1v) is 6.34. The summed E-state index contributed by atoms with van der Waals surface area (Å²) in [6.45, 7) is 1.15. The number of aliphatic hydroxyl groups excluding tert-OH is 1. The van der Waals surface area contributed by atoms with Crippen LogP contribution in [0.5, 0.6) is 0 Å². The van der Waals surface area contributed by atoms with Crippen molar-refractivity contribution in [3.8, 4) is 0 Å². The van der Waals surface area contributed by atoms with Crippen LogP contribution in [0, 0.1) is 2.88 Å². The van der Waals surface area contributed by atoms with Crippen LogP contribution in [0.15, 0.2) is 11.4 Å². The van der Waals surface area contributed by atoms with Gasteiger partial charge in [0.2, 0.25) is 0 Å². The van der Waals surface area contributed by atoms with Gasteiger partial charge in [0, 0.05) is 18.5 Å². The van der Waals surface area contributed by atoms with Gasteiger partial charge in [-0.15, -0.1) is 11.3 Å². The van der Waals surface area contributed by atoms with Crippen LogP contribution < -0.4 is 0 Å². The molecule has 3 nitrogen and oxygen atoms in total. The van der Waals surface area contributed by atoms with Crippen molar-refractivity contribution in [1.29, 1.82) is 0 Å². The average Bonchev–Trinajstić information content (AvgIpc) is 2.73. The minimum atomic E-state index is -0.336. The molecule has 0 aliphatic carbocycles. The molecule has 1 atom stereocenters. The van der Waals surface area contributed by atoms with Crippen molar-refractivity contribution >= 4 is 39.8 Å². The molecule has 1 aromatic heterocycles.